The molecule has 1 spiro atoms. The van der Waals surface area contributed by atoms with Crippen LogP contribution in [-0.4, -0.2) is 61.7 Å². The topological polar surface area (TPSA) is 59.1 Å². The molecule has 0 aromatic heterocycles. The summed E-state index contributed by atoms with van der Waals surface area (Å²) in [6.45, 7) is 4.88. The first-order chi connectivity index (χ1) is 9.54. The van der Waals surface area contributed by atoms with Crippen LogP contribution in [0.25, 0.3) is 0 Å². The third-order valence-corrected chi connectivity index (χ3v) is 6.82. The number of ether oxygens (including phenoxy) is 2. The average Bonchev–Trinajstić information content (AvgIpc) is 2.88. The lowest BCUT2D eigenvalue weighted by Crippen LogP contribution is -2.54. The van der Waals surface area contributed by atoms with Crippen molar-refractivity contribution in [1.29, 1.82) is 0 Å². The highest BCUT2D eigenvalue weighted by Gasteiger charge is 2.44. The van der Waals surface area contributed by atoms with Gasteiger partial charge in [-0.05, 0) is 19.8 Å². The van der Waals surface area contributed by atoms with E-state index in [1.165, 1.54) is 0 Å². The van der Waals surface area contributed by atoms with Gasteiger partial charge in [0.05, 0.1) is 13.2 Å². The fourth-order valence-corrected chi connectivity index (χ4v) is 5.27. The Hall–Kier alpha value is -0.210. The number of hydrogen-bond acceptors (Lipinski definition) is 4. The van der Waals surface area contributed by atoms with Gasteiger partial charge in [0.25, 0.3) is 10.2 Å². The van der Waals surface area contributed by atoms with Gasteiger partial charge in [0.1, 0.15) is 0 Å². The molecule has 0 saturated carbocycles. The van der Waals surface area contributed by atoms with Gasteiger partial charge in [0.15, 0.2) is 5.79 Å². The van der Waals surface area contributed by atoms with Crippen LogP contribution in [0.1, 0.15) is 39.0 Å². The molecule has 3 aliphatic heterocycles. The maximum Gasteiger partial charge on any atom is 0.282 e. The van der Waals surface area contributed by atoms with Crippen LogP contribution in [0.15, 0.2) is 0 Å². The van der Waals surface area contributed by atoms with Crippen molar-refractivity contribution in [2.24, 2.45) is 0 Å². The standard InChI is InChI=1S/C13H24N2O4S/c1-12-4-2-3-7-15(12)20(16,17)14-8-5-13(6-9-14)18-10-11-19-13/h12H,2-11H2,1H3. The van der Waals surface area contributed by atoms with Crippen molar-refractivity contribution < 1.29 is 17.9 Å². The zero-order valence-electron chi connectivity index (χ0n) is 12.1. The molecule has 3 heterocycles. The molecular weight excluding hydrogens is 280 g/mol. The van der Waals surface area contributed by atoms with Crippen molar-refractivity contribution in [1.82, 2.24) is 8.61 Å². The molecule has 3 aliphatic rings. The fraction of sp³-hybridized carbons (Fsp3) is 1.00. The summed E-state index contributed by atoms with van der Waals surface area (Å²) in [7, 11) is -3.32. The lowest BCUT2D eigenvalue weighted by molar-refractivity contribution is -0.179. The third-order valence-electron chi connectivity index (χ3n) is 4.66. The molecule has 1 atom stereocenters. The third kappa shape index (κ3) is 2.62. The van der Waals surface area contributed by atoms with Gasteiger partial charge in [0.2, 0.25) is 0 Å². The lowest BCUT2D eigenvalue weighted by Gasteiger charge is -2.41. The molecule has 6 nitrogen and oxygen atoms in total. The van der Waals surface area contributed by atoms with Gasteiger partial charge in [-0.3, -0.25) is 0 Å². The van der Waals surface area contributed by atoms with E-state index in [2.05, 4.69) is 0 Å². The highest BCUT2D eigenvalue weighted by molar-refractivity contribution is 7.86. The van der Waals surface area contributed by atoms with Crippen LogP contribution in [0.3, 0.4) is 0 Å². The monoisotopic (exact) mass is 304 g/mol. The zero-order valence-corrected chi connectivity index (χ0v) is 12.9. The van der Waals surface area contributed by atoms with Crippen LogP contribution in [-0.2, 0) is 19.7 Å². The van der Waals surface area contributed by atoms with Gasteiger partial charge in [-0.15, -0.1) is 0 Å². The van der Waals surface area contributed by atoms with E-state index in [0.717, 1.165) is 19.3 Å². The summed E-state index contributed by atoms with van der Waals surface area (Å²) < 4.78 is 40.0. The average molecular weight is 304 g/mol. The van der Waals surface area contributed by atoms with Crippen LogP contribution in [0.5, 0.6) is 0 Å². The molecule has 0 radical (unpaired) electrons. The van der Waals surface area contributed by atoms with Crippen molar-refractivity contribution in [2.45, 2.75) is 50.9 Å². The van der Waals surface area contributed by atoms with Gasteiger partial charge in [-0.2, -0.15) is 17.0 Å². The Morgan fingerprint density at radius 3 is 2.30 bits per heavy atom. The Kier molecular flexibility index (Phi) is 4.07. The minimum atomic E-state index is -3.32. The molecule has 0 bridgehead atoms. The van der Waals surface area contributed by atoms with E-state index in [1.807, 2.05) is 6.92 Å². The molecule has 7 heteroatoms. The second-order valence-corrected chi connectivity index (χ2v) is 7.85. The smallest absolute Gasteiger partial charge is 0.282 e. The van der Waals surface area contributed by atoms with E-state index in [-0.39, 0.29) is 6.04 Å². The zero-order chi connectivity index (χ0) is 14.2. The first kappa shape index (κ1) is 14.7. The maximum atomic E-state index is 12.7. The summed E-state index contributed by atoms with van der Waals surface area (Å²) in [5.41, 5.74) is 0. The van der Waals surface area contributed by atoms with Crippen molar-refractivity contribution in [3.05, 3.63) is 0 Å². The second kappa shape index (κ2) is 5.53. The summed E-state index contributed by atoms with van der Waals surface area (Å²) in [5.74, 6) is -0.514. The second-order valence-electron chi connectivity index (χ2n) is 5.97. The predicted octanol–water partition coefficient (Wildman–Crippen LogP) is 0.945. The Morgan fingerprint density at radius 1 is 1.05 bits per heavy atom. The van der Waals surface area contributed by atoms with Crippen molar-refractivity contribution in [2.75, 3.05) is 32.8 Å². The van der Waals surface area contributed by atoms with E-state index < -0.39 is 16.0 Å². The first-order valence-electron chi connectivity index (χ1n) is 7.58. The predicted molar refractivity (Wildman–Crippen MR) is 74.4 cm³/mol. The van der Waals surface area contributed by atoms with Crippen molar-refractivity contribution in [3.63, 3.8) is 0 Å². The van der Waals surface area contributed by atoms with E-state index >= 15 is 0 Å². The van der Waals surface area contributed by atoms with Gasteiger partial charge in [0, 0.05) is 38.5 Å². The lowest BCUT2D eigenvalue weighted by atomic mass is 10.1. The quantitative estimate of drug-likeness (QED) is 0.762. The normalized spacial score (nSPS) is 32.8. The maximum absolute atomic E-state index is 12.7. The van der Waals surface area contributed by atoms with Gasteiger partial charge < -0.3 is 9.47 Å². The molecule has 0 N–H and O–H groups in total. The largest absolute Gasteiger partial charge is 0.347 e. The minimum Gasteiger partial charge on any atom is -0.347 e. The SMILES string of the molecule is CC1CCCCN1S(=O)(=O)N1CCC2(CC1)OCCO2. The highest BCUT2D eigenvalue weighted by Crippen LogP contribution is 2.33. The summed E-state index contributed by atoms with van der Waals surface area (Å²) in [6.07, 6.45) is 4.32. The van der Waals surface area contributed by atoms with E-state index in [4.69, 9.17) is 9.47 Å². The van der Waals surface area contributed by atoms with Crippen molar-refractivity contribution in [3.8, 4) is 0 Å². The number of rotatable bonds is 2. The number of nitrogens with zero attached hydrogens (tertiary/aromatic N) is 2. The molecule has 0 amide bonds. The van der Waals surface area contributed by atoms with Crippen LogP contribution < -0.4 is 0 Å². The minimum absolute atomic E-state index is 0.114. The van der Waals surface area contributed by atoms with E-state index in [9.17, 15) is 8.42 Å². The van der Waals surface area contributed by atoms with Crippen LogP contribution >= 0.6 is 0 Å². The fourth-order valence-electron chi connectivity index (χ4n) is 3.41. The molecule has 116 valence electrons. The van der Waals surface area contributed by atoms with E-state index in [1.54, 1.807) is 8.61 Å². The van der Waals surface area contributed by atoms with Crippen LogP contribution in [0, 0.1) is 0 Å². The summed E-state index contributed by atoms with van der Waals surface area (Å²) in [5, 5.41) is 0. The number of hydrogen-bond donors (Lipinski definition) is 0. The van der Waals surface area contributed by atoms with Crippen molar-refractivity contribution >= 4 is 10.2 Å². The van der Waals surface area contributed by atoms with Gasteiger partial charge in [-0.1, -0.05) is 6.42 Å². The Labute approximate surface area is 121 Å². The summed E-state index contributed by atoms with van der Waals surface area (Å²) in [4.78, 5) is 0. The molecule has 3 rings (SSSR count). The summed E-state index contributed by atoms with van der Waals surface area (Å²) >= 11 is 0. The first-order valence-corrected chi connectivity index (χ1v) is 8.98. The molecule has 3 saturated heterocycles. The molecule has 0 aromatic carbocycles. The van der Waals surface area contributed by atoms with Gasteiger partial charge in [-0.25, -0.2) is 0 Å². The van der Waals surface area contributed by atoms with Crippen LogP contribution in [0.2, 0.25) is 0 Å². The molecule has 1 unspecified atom stereocenters. The number of piperidine rings is 2. The molecule has 0 aliphatic carbocycles. The Morgan fingerprint density at radius 2 is 1.70 bits per heavy atom. The summed E-state index contributed by atoms with van der Waals surface area (Å²) in [6, 6.07) is 0.114. The Bertz CT molecular complexity index is 437. The Balaban J connectivity index is 1.67. The van der Waals surface area contributed by atoms with Crippen LogP contribution in [0.4, 0.5) is 0 Å². The molecule has 20 heavy (non-hydrogen) atoms. The molecule has 0 aromatic rings. The highest BCUT2D eigenvalue weighted by atomic mass is 32.2. The molecular formula is C13H24N2O4S. The molecule has 3 fully saturated rings. The van der Waals surface area contributed by atoms with E-state index in [0.29, 0.717) is 45.7 Å². The van der Waals surface area contributed by atoms with Gasteiger partial charge >= 0.3 is 0 Å².